The molecule has 1 aliphatic heterocycles. The van der Waals surface area contributed by atoms with E-state index in [9.17, 15) is 4.79 Å². The predicted octanol–water partition coefficient (Wildman–Crippen LogP) is 5.40. The van der Waals surface area contributed by atoms with Crippen LogP contribution in [0.2, 0.25) is 0 Å². The number of amides is 1. The van der Waals surface area contributed by atoms with Crippen molar-refractivity contribution in [2.75, 3.05) is 32.4 Å². The first-order valence-corrected chi connectivity index (χ1v) is 13.5. The first-order chi connectivity index (χ1) is 17.7. The van der Waals surface area contributed by atoms with Crippen molar-refractivity contribution < 1.29 is 9.53 Å². The highest BCUT2D eigenvalue weighted by molar-refractivity contribution is 6.06. The topological polar surface area (TPSA) is 89.5 Å². The molecule has 0 radical (unpaired) electrons. The average molecular weight is 507 g/mol. The number of aromatic nitrogens is 3. The number of hydrogen-bond acceptors (Lipinski definition) is 6. The zero-order valence-corrected chi connectivity index (χ0v) is 23.0. The molecule has 1 aliphatic rings. The van der Waals surface area contributed by atoms with Crippen molar-refractivity contribution in [1.29, 1.82) is 0 Å². The minimum atomic E-state index is -0.457. The second kappa shape index (κ2) is 11.5. The van der Waals surface area contributed by atoms with Crippen molar-refractivity contribution in [3.63, 3.8) is 0 Å². The number of carbonyl (C=O) groups is 1. The first kappa shape index (κ1) is 26.9. The van der Waals surface area contributed by atoms with Crippen LogP contribution in [-0.4, -0.2) is 68.8 Å². The number of anilines is 1. The number of nitrogens with zero attached hydrogens (tertiary/aromatic N) is 5. The van der Waals surface area contributed by atoms with E-state index in [4.69, 9.17) is 15.5 Å². The number of imidazole rings is 1. The van der Waals surface area contributed by atoms with Gasteiger partial charge in [0.2, 0.25) is 0 Å². The summed E-state index contributed by atoms with van der Waals surface area (Å²) in [6, 6.07) is 8.60. The summed E-state index contributed by atoms with van der Waals surface area (Å²) in [5.41, 5.74) is 8.64. The second-order valence-electron chi connectivity index (χ2n) is 11.1. The number of para-hydroxylation sites is 1. The molecule has 3 heterocycles. The molecule has 1 aromatic carbocycles. The number of fused-ring (bicyclic) bond motifs is 3. The van der Waals surface area contributed by atoms with E-state index >= 15 is 0 Å². The molecule has 200 valence electrons. The van der Waals surface area contributed by atoms with Gasteiger partial charge in [-0.25, -0.2) is 14.8 Å². The third-order valence-corrected chi connectivity index (χ3v) is 7.03. The highest BCUT2D eigenvalue weighted by atomic mass is 16.6. The molecule has 0 aliphatic carbocycles. The number of nitrogens with two attached hydrogens (primary N) is 1. The maximum atomic E-state index is 12.4. The maximum absolute atomic E-state index is 12.4. The van der Waals surface area contributed by atoms with Crippen LogP contribution in [0.15, 0.2) is 36.4 Å². The van der Waals surface area contributed by atoms with Crippen LogP contribution in [0.25, 0.3) is 21.9 Å². The highest BCUT2D eigenvalue weighted by Crippen LogP contribution is 2.29. The fourth-order valence-corrected chi connectivity index (χ4v) is 5.01. The number of aryl methyl sites for hydroxylation is 1. The Kier molecular flexibility index (Phi) is 8.37. The Morgan fingerprint density at radius 3 is 2.62 bits per heavy atom. The Morgan fingerprint density at radius 1 is 1.19 bits per heavy atom. The lowest BCUT2D eigenvalue weighted by atomic mass is 10.0. The standard InChI is InChI=1S/C29H42N6O2/c1-6-7-14-24-32-25-26(22-12-8-9-13-23(22)31-27(25)30)35(24)18-11-10-17-33(5)21-15-19-34(20-16-21)28(36)37-29(2,3)4/h8-13,21H,6-7,14-20H2,1-5H3,(H2,30,31)/b11-10+. The number of likely N-dealkylation sites (tertiary alicyclic amines) is 1. The Labute approximate surface area is 220 Å². The summed E-state index contributed by atoms with van der Waals surface area (Å²) in [6.07, 6.45) is 9.29. The molecule has 1 amide bonds. The maximum Gasteiger partial charge on any atom is 0.410 e. The van der Waals surface area contributed by atoms with Crippen LogP contribution in [0.5, 0.6) is 0 Å². The zero-order chi connectivity index (χ0) is 26.6. The molecule has 0 saturated carbocycles. The molecule has 0 unspecified atom stereocenters. The number of unbranched alkanes of at least 4 members (excludes halogenated alkanes) is 1. The minimum Gasteiger partial charge on any atom is -0.444 e. The number of likely N-dealkylation sites (N-methyl/N-ethyl adjacent to an activating group) is 1. The SMILES string of the molecule is CCCCc1nc2c(N)nc3ccccc3c2n1C/C=C/CN(C)C1CCN(C(=O)OC(C)(C)C)CC1. The number of ether oxygens (including phenoxy) is 1. The Balaban J connectivity index is 1.42. The van der Waals surface area contributed by atoms with Crippen molar-refractivity contribution in [2.45, 2.75) is 78.0 Å². The van der Waals surface area contributed by atoms with E-state index in [1.54, 1.807) is 0 Å². The molecule has 2 N–H and O–H groups in total. The number of rotatable bonds is 8. The van der Waals surface area contributed by atoms with E-state index < -0.39 is 5.60 Å². The van der Waals surface area contributed by atoms with E-state index in [1.165, 1.54) is 0 Å². The quantitative estimate of drug-likeness (QED) is 0.412. The van der Waals surface area contributed by atoms with Crippen LogP contribution in [0.1, 0.15) is 59.2 Å². The fourth-order valence-electron chi connectivity index (χ4n) is 5.01. The number of allylic oxidation sites excluding steroid dienone is 1. The molecule has 1 fully saturated rings. The van der Waals surface area contributed by atoms with Crippen molar-refractivity contribution >= 4 is 33.8 Å². The van der Waals surface area contributed by atoms with Gasteiger partial charge < -0.3 is 19.9 Å². The smallest absolute Gasteiger partial charge is 0.410 e. The highest BCUT2D eigenvalue weighted by Gasteiger charge is 2.28. The van der Waals surface area contributed by atoms with Gasteiger partial charge in [-0.1, -0.05) is 43.7 Å². The van der Waals surface area contributed by atoms with Crippen LogP contribution < -0.4 is 5.73 Å². The van der Waals surface area contributed by atoms with Gasteiger partial charge in [-0.05, 0) is 53.1 Å². The molecular weight excluding hydrogens is 464 g/mol. The molecule has 1 saturated heterocycles. The summed E-state index contributed by atoms with van der Waals surface area (Å²) >= 11 is 0. The van der Waals surface area contributed by atoms with Crippen LogP contribution in [0, 0.1) is 0 Å². The third-order valence-electron chi connectivity index (χ3n) is 7.03. The third kappa shape index (κ3) is 6.42. The number of nitrogen functional groups attached to an aromatic ring is 1. The van der Waals surface area contributed by atoms with Gasteiger partial charge in [0.05, 0.1) is 11.0 Å². The number of hydrogen-bond donors (Lipinski definition) is 1. The van der Waals surface area contributed by atoms with Gasteiger partial charge in [0.25, 0.3) is 0 Å². The van der Waals surface area contributed by atoms with E-state index in [0.717, 1.165) is 86.0 Å². The Morgan fingerprint density at radius 2 is 1.92 bits per heavy atom. The fraction of sp³-hybridized carbons (Fsp3) is 0.552. The van der Waals surface area contributed by atoms with Crippen LogP contribution in [0.4, 0.5) is 10.6 Å². The van der Waals surface area contributed by atoms with Crippen molar-refractivity contribution in [3.05, 3.63) is 42.2 Å². The Hall–Kier alpha value is -3.13. The van der Waals surface area contributed by atoms with Gasteiger partial charge in [0, 0.05) is 44.0 Å². The van der Waals surface area contributed by atoms with Gasteiger partial charge in [-0.15, -0.1) is 0 Å². The summed E-state index contributed by atoms with van der Waals surface area (Å²) in [7, 11) is 2.16. The van der Waals surface area contributed by atoms with Crippen LogP contribution in [0.3, 0.4) is 0 Å². The number of pyridine rings is 1. The lowest BCUT2D eigenvalue weighted by molar-refractivity contribution is 0.0161. The summed E-state index contributed by atoms with van der Waals surface area (Å²) in [5.74, 6) is 1.56. The normalized spacial score (nSPS) is 15.5. The van der Waals surface area contributed by atoms with E-state index in [-0.39, 0.29) is 6.09 Å². The molecule has 8 nitrogen and oxygen atoms in total. The summed E-state index contributed by atoms with van der Waals surface area (Å²) < 4.78 is 7.84. The molecule has 0 atom stereocenters. The predicted molar refractivity (Wildman–Crippen MR) is 151 cm³/mol. The summed E-state index contributed by atoms with van der Waals surface area (Å²) in [5, 5.41) is 1.09. The number of piperidine rings is 1. The van der Waals surface area contributed by atoms with Gasteiger partial charge in [-0.2, -0.15) is 0 Å². The molecule has 0 bridgehead atoms. The Bertz CT molecular complexity index is 1250. The van der Waals surface area contributed by atoms with E-state index in [0.29, 0.717) is 11.9 Å². The molecule has 8 heteroatoms. The second-order valence-corrected chi connectivity index (χ2v) is 11.1. The monoisotopic (exact) mass is 506 g/mol. The number of benzene rings is 1. The minimum absolute atomic E-state index is 0.205. The molecular formula is C29H42N6O2. The molecule has 0 spiro atoms. The van der Waals surface area contributed by atoms with Gasteiger partial charge >= 0.3 is 6.09 Å². The van der Waals surface area contributed by atoms with Gasteiger partial charge in [0.15, 0.2) is 5.82 Å². The van der Waals surface area contributed by atoms with E-state index in [1.807, 2.05) is 43.9 Å². The van der Waals surface area contributed by atoms with Crippen LogP contribution in [-0.2, 0) is 17.7 Å². The molecule has 4 rings (SSSR count). The van der Waals surface area contributed by atoms with Crippen LogP contribution >= 0.6 is 0 Å². The lowest BCUT2D eigenvalue weighted by Gasteiger charge is -2.37. The van der Waals surface area contributed by atoms with Gasteiger partial charge in [0.1, 0.15) is 16.9 Å². The van der Waals surface area contributed by atoms with Crippen molar-refractivity contribution in [1.82, 2.24) is 24.3 Å². The molecule has 3 aromatic rings. The molecule has 37 heavy (non-hydrogen) atoms. The van der Waals surface area contributed by atoms with Crippen molar-refractivity contribution in [2.24, 2.45) is 0 Å². The zero-order valence-electron chi connectivity index (χ0n) is 23.0. The molecule has 2 aromatic heterocycles. The summed E-state index contributed by atoms with van der Waals surface area (Å²) in [4.78, 5) is 26.1. The first-order valence-electron chi connectivity index (χ1n) is 13.5. The number of carbonyl (C=O) groups excluding carboxylic acids is 1. The van der Waals surface area contributed by atoms with Gasteiger partial charge in [-0.3, -0.25) is 4.90 Å². The average Bonchev–Trinajstić information content (AvgIpc) is 3.23. The van der Waals surface area contributed by atoms with E-state index in [2.05, 4.69) is 46.6 Å². The largest absolute Gasteiger partial charge is 0.444 e. The lowest BCUT2D eigenvalue weighted by Crippen LogP contribution is -2.47. The summed E-state index contributed by atoms with van der Waals surface area (Å²) in [6.45, 7) is 11.0. The van der Waals surface area contributed by atoms with Crippen molar-refractivity contribution in [3.8, 4) is 0 Å².